The second-order valence-corrected chi connectivity index (χ2v) is 7.13. The van der Waals surface area contributed by atoms with Crippen LogP contribution in [0.15, 0.2) is 29.2 Å². The minimum Gasteiger partial charge on any atom is -0.393 e. The molecule has 0 atom stereocenters. The fourth-order valence-corrected chi connectivity index (χ4v) is 2.91. The molecule has 0 unspecified atom stereocenters. The monoisotopic (exact) mass is 315 g/mol. The van der Waals surface area contributed by atoms with Crippen LogP contribution in [0, 0.1) is 0 Å². The highest BCUT2D eigenvalue weighted by Crippen LogP contribution is 2.11. The van der Waals surface area contributed by atoms with Gasteiger partial charge in [0.05, 0.1) is 9.88 Å². The standard InChI is InChI=1S/C13H21N3O2S2/c1-16(2)9-3-8-15-20(17,18)12-6-4-11(5-7-12)10-13(14)19/h4-7,15H,3,8-10H2,1-2H3,(H2,14,19). The van der Waals surface area contributed by atoms with E-state index in [1.54, 1.807) is 24.3 Å². The maximum absolute atomic E-state index is 12.0. The van der Waals surface area contributed by atoms with E-state index in [0.717, 1.165) is 18.5 Å². The van der Waals surface area contributed by atoms with Crippen LogP contribution >= 0.6 is 12.2 Å². The molecule has 3 N–H and O–H groups in total. The number of benzene rings is 1. The molecule has 0 saturated heterocycles. The van der Waals surface area contributed by atoms with Crippen LogP contribution in [0.5, 0.6) is 0 Å². The fraction of sp³-hybridized carbons (Fsp3) is 0.462. The van der Waals surface area contributed by atoms with Gasteiger partial charge in [-0.25, -0.2) is 13.1 Å². The second-order valence-electron chi connectivity index (χ2n) is 4.84. The summed E-state index contributed by atoms with van der Waals surface area (Å²) in [5.74, 6) is 0. The molecule has 20 heavy (non-hydrogen) atoms. The Kier molecular flexibility index (Phi) is 6.54. The molecule has 0 heterocycles. The third kappa shape index (κ3) is 5.96. The van der Waals surface area contributed by atoms with Gasteiger partial charge in [-0.2, -0.15) is 0 Å². The number of hydrogen-bond acceptors (Lipinski definition) is 4. The van der Waals surface area contributed by atoms with Crippen molar-refractivity contribution in [3.05, 3.63) is 29.8 Å². The first-order chi connectivity index (χ1) is 9.31. The Hall–Kier alpha value is -1.02. The maximum atomic E-state index is 12.0. The molecular formula is C13H21N3O2S2. The Morgan fingerprint density at radius 2 is 1.90 bits per heavy atom. The summed E-state index contributed by atoms with van der Waals surface area (Å²) in [4.78, 5) is 2.66. The minimum atomic E-state index is -3.44. The lowest BCUT2D eigenvalue weighted by atomic mass is 10.1. The van der Waals surface area contributed by atoms with E-state index in [0.29, 0.717) is 18.0 Å². The molecule has 0 aliphatic carbocycles. The molecule has 0 bridgehead atoms. The first kappa shape index (κ1) is 17.0. The Morgan fingerprint density at radius 1 is 1.30 bits per heavy atom. The zero-order valence-electron chi connectivity index (χ0n) is 11.8. The lowest BCUT2D eigenvalue weighted by Crippen LogP contribution is -2.27. The normalized spacial score (nSPS) is 11.8. The number of rotatable bonds is 8. The summed E-state index contributed by atoms with van der Waals surface area (Å²) in [7, 11) is 0.471. The van der Waals surface area contributed by atoms with Crippen LogP contribution < -0.4 is 10.5 Å². The molecule has 1 aromatic carbocycles. The molecule has 0 amide bonds. The fourth-order valence-electron chi connectivity index (χ4n) is 1.67. The summed E-state index contributed by atoms with van der Waals surface area (Å²) in [5, 5.41) is 0. The van der Waals surface area contributed by atoms with Gasteiger partial charge in [-0.1, -0.05) is 24.4 Å². The van der Waals surface area contributed by atoms with E-state index in [1.165, 1.54) is 0 Å². The topological polar surface area (TPSA) is 75.4 Å². The maximum Gasteiger partial charge on any atom is 0.240 e. The Balaban J connectivity index is 2.61. The molecule has 5 nitrogen and oxygen atoms in total. The van der Waals surface area contributed by atoms with Gasteiger partial charge in [-0.05, 0) is 44.8 Å². The number of hydrogen-bond donors (Lipinski definition) is 2. The van der Waals surface area contributed by atoms with Crippen molar-refractivity contribution in [1.82, 2.24) is 9.62 Å². The number of sulfonamides is 1. The van der Waals surface area contributed by atoms with Gasteiger partial charge in [-0.3, -0.25) is 0 Å². The van der Waals surface area contributed by atoms with E-state index < -0.39 is 10.0 Å². The van der Waals surface area contributed by atoms with Crippen molar-refractivity contribution in [2.45, 2.75) is 17.7 Å². The predicted octanol–water partition coefficient (Wildman–Crippen LogP) is 0.745. The second kappa shape index (κ2) is 7.68. The number of nitrogens with two attached hydrogens (primary N) is 1. The zero-order valence-corrected chi connectivity index (χ0v) is 13.4. The van der Waals surface area contributed by atoms with Gasteiger partial charge in [-0.15, -0.1) is 0 Å². The van der Waals surface area contributed by atoms with Crippen molar-refractivity contribution < 1.29 is 8.42 Å². The number of thiocarbonyl (C=S) groups is 1. The molecule has 112 valence electrons. The molecule has 1 rings (SSSR count). The van der Waals surface area contributed by atoms with Gasteiger partial charge < -0.3 is 10.6 Å². The summed E-state index contributed by atoms with van der Waals surface area (Å²) in [6.45, 7) is 1.27. The highest BCUT2D eigenvalue weighted by molar-refractivity contribution is 7.89. The highest BCUT2D eigenvalue weighted by atomic mass is 32.2. The first-order valence-corrected chi connectivity index (χ1v) is 8.22. The van der Waals surface area contributed by atoms with Crippen molar-refractivity contribution in [1.29, 1.82) is 0 Å². The van der Waals surface area contributed by atoms with Crippen LogP contribution in [0.3, 0.4) is 0 Å². The molecule has 0 aromatic heterocycles. The Bertz CT molecular complexity index is 539. The van der Waals surface area contributed by atoms with Crippen LogP contribution in [0.2, 0.25) is 0 Å². The van der Waals surface area contributed by atoms with E-state index in [4.69, 9.17) is 18.0 Å². The van der Waals surface area contributed by atoms with Gasteiger partial charge in [0.1, 0.15) is 0 Å². The molecule has 0 spiro atoms. The third-order valence-corrected chi connectivity index (χ3v) is 4.31. The van der Waals surface area contributed by atoms with Crippen molar-refractivity contribution in [2.24, 2.45) is 5.73 Å². The van der Waals surface area contributed by atoms with Crippen molar-refractivity contribution in [3.8, 4) is 0 Å². The van der Waals surface area contributed by atoms with E-state index >= 15 is 0 Å². The smallest absolute Gasteiger partial charge is 0.240 e. The summed E-state index contributed by atoms with van der Waals surface area (Å²) < 4.78 is 26.7. The number of nitrogens with one attached hydrogen (secondary N) is 1. The SMILES string of the molecule is CN(C)CCCNS(=O)(=O)c1ccc(CC(N)=S)cc1. The average Bonchev–Trinajstić information content (AvgIpc) is 2.34. The molecule has 7 heteroatoms. The van der Waals surface area contributed by atoms with Crippen LogP contribution in [0.25, 0.3) is 0 Å². The zero-order chi connectivity index (χ0) is 15.2. The molecule has 0 aliphatic heterocycles. The van der Waals surface area contributed by atoms with Crippen molar-refractivity contribution >= 4 is 27.2 Å². The molecule has 0 radical (unpaired) electrons. The van der Waals surface area contributed by atoms with E-state index in [-0.39, 0.29) is 4.90 Å². The summed E-state index contributed by atoms with van der Waals surface area (Å²) >= 11 is 4.82. The first-order valence-electron chi connectivity index (χ1n) is 6.33. The van der Waals surface area contributed by atoms with Gasteiger partial charge in [0.2, 0.25) is 10.0 Å². The molecule has 0 aliphatic rings. The van der Waals surface area contributed by atoms with Crippen LogP contribution in [0.4, 0.5) is 0 Å². The average molecular weight is 315 g/mol. The van der Waals surface area contributed by atoms with Gasteiger partial charge in [0.25, 0.3) is 0 Å². The van der Waals surface area contributed by atoms with E-state index in [1.807, 2.05) is 19.0 Å². The van der Waals surface area contributed by atoms with Gasteiger partial charge in [0.15, 0.2) is 0 Å². The van der Waals surface area contributed by atoms with Crippen LogP contribution in [-0.2, 0) is 16.4 Å². The minimum absolute atomic E-state index is 0.258. The quantitative estimate of drug-likeness (QED) is 0.547. The van der Waals surface area contributed by atoms with Crippen LogP contribution in [0.1, 0.15) is 12.0 Å². The van der Waals surface area contributed by atoms with Crippen molar-refractivity contribution in [3.63, 3.8) is 0 Å². The highest BCUT2D eigenvalue weighted by Gasteiger charge is 2.12. The predicted molar refractivity (Wildman–Crippen MR) is 85.3 cm³/mol. The van der Waals surface area contributed by atoms with Gasteiger partial charge >= 0.3 is 0 Å². The van der Waals surface area contributed by atoms with Crippen molar-refractivity contribution in [2.75, 3.05) is 27.2 Å². The summed E-state index contributed by atoms with van der Waals surface area (Å²) in [6.07, 6.45) is 1.25. The molecule has 1 aromatic rings. The number of nitrogens with zero attached hydrogens (tertiary/aromatic N) is 1. The summed E-state index contributed by atoms with van der Waals surface area (Å²) in [6, 6.07) is 6.60. The summed E-state index contributed by atoms with van der Waals surface area (Å²) in [5.41, 5.74) is 6.36. The lowest BCUT2D eigenvalue weighted by Gasteiger charge is -2.10. The Labute approximate surface area is 126 Å². The third-order valence-electron chi connectivity index (χ3n) is 2.69. The molecule has 0 saturated carbocycles. The van der Waals surface area contributed by atoms with E-state index in [9.17, 15) is 8.42 Å². The molecule has 0 fully saturated rings. The molecular weight excluding hydrogens is 294 g/mol. The lowest BCUT2D eigenvalue weighted by molar-refractivity contribution is 0.400. The van der Waals surface area contributed by atoms with Crippen LogP contribution in [-0.4, -0.2) is 45.5 Å². The van der Waals surface area contributed by atoms with E-state index in [2.05, 4.69) is 4.72 Å². The largest absolute Gasteiger partial charge is 0.393 e. The van der Waals surface area contributed by atoms with Gasteiger partial charge in [0, 0.05) is 13.0 Å². The Morgan fingerprint density at radius 3 is 2.40 bits per heavy atom.